The molecule has 1 aromatic carbocycles. The Hall–Kier alpha value is -1.87. The molecule has 0 N–H and O–H groups in total. The molecule has 0 atom stereocenters. The highest BCUT2D eigenvalue weighted by Gasteiger charge is 2.06. The van der Waals surface area contributed by atoms with Crippen LogP contribution in [0.5, 0.6) is 0 Å². The minimum absolute atomic E-state index is 0.957. The molecule has 0 aliphatic rings. The van der Waals surface area contributed by atoms with E-state index < -0.39 is 0 Å². The molecule has 0 aliphatic heterocycles. The second kappa shape index (κ2) is 4.57. The molecule has 0 amide bonds. The molecule has 3 heteroatoms. The van der Waals surface area contributed by atoms with Crippen LogP contribution in [-0.4, -0.2) is 12.1 Å². The molecular formula is C12H12N2O. The van der Waals surface area contributed by atoms with E-state index in [0.717, 1.165) is 11.4 Å². The van der Waals surface area contributed by atoms with E-state index in [1.165, 1.54) is 0 Å². The lowest BCUT2D eigenvalue weighted by atomic mass is 10.3. The molecule has 0 spiro atoms. The van der Waals surface area contributed by atoms with Crippen LogP contribution in [-0.2, 0) is 4.84 Å². The van der Waals surface area contributed by atoms with E-state index in [-0.39, 0.29) is 0 Å². The van der Waals surface area contributed by atoms with Crippen LogP contribution in [0.4, 0.5) is 11.4 Å². The Balaban J connectivity index is 2.34. The first-order valence-corrected chi connectivity index (χ1v) is 4.71. The fourth-order valence-electron chi connectivity index (χ4n) is 1.40. The van der Waals surface area contributed by atoms with Gasteiger partial charge in [0.25, 0.3) is 0 Å². The Kier molecular flexibility index (Phi) is 2.95. The third kappa shape index (κ3) is 2.14. The fourth-order valence-corrected chi connectivity index (χ4v) is 1.40. The number of pyridine rings is 1. The second-order valence-electron chi connectivity index (χ2n) is 3.02. The largest absolute Gasteiger partial charge is 0.272 e. The van der Waals surface area contributed by atoms with Gasteiger partial charge in [0.1, 0.15) is 0 Å². The van der Waals surface area contributed by atoms with E-state index in [1.807, 2.05) is 42.5 Å². The van der Waals surface area contributed by atoms with Crippen molar-refractivity contribution in [3.05, 3.63) is 54.9 Å². The number of hydrogen-bond donors (Lipinski definition) is 0. The maximum Gasteiger partial charge on any atom is 0.0726 e. The second-order valence-corrected chi connectivity index (χ2v) is 3.02. The van der Waals surface area contributed by atoms with Gasteiger partial charge in [0.15, 0.2) is 0 Å². The first-order chi connectivity index (χ1) is 7.42. The number of aromatic nitrogens is 1. The van der Waals surface area contributed by atoms with Gasteiger partial charge in [-0.15, -0.1) is 0 Å². The number of benzene rings is 1. The molecule has 0 unspecified atom stereocenters. The topological polar surface area (TPSA) is 25.4 Å². The van der Waals surface area contributed by atoms with Crippen LogP contribution in [0, 0.1) is 0 Å². The highest BCUT2D eigenvalue weighted by atomic mass is 16.7. The van der Waals surface area contributed by atoms with Crippen LogP contribution in [0.3, 0.4) is 0 Å². The predicted molar refractivity (Wildman–Crippen MR) is 59.8 cm³/mol. The van der Waals surface area contributed by atoms with Crippen molar-refractivity contribution in [1.82, 2.24) is 4.98 Å². The lowest BCUT2D eigenvalue weighted by molar-refractivity contribution is 0.201. The number of anilines is 2. The van der Waals surface area contributed by atoms with Crippen LogP contribution in [0.25, 0.3) is 0 Å². The fraction of sp³-hybridized carbons (Fsp3) is 0.0833. The Morgan fingerprint density at radius 1 is 0.933 bits per heavy atom. The van der Waals surface area contributed by atoms with Gasteiger partial charge in [-0.05, 0) is 24.3 Å². The van der Waals surface area contributed by atoms with Crippen LogP contribution in [0.1, 0.15) is 0 Å². The Bertz CT molecular complexity index is 363. The zero-order chi connectivity index (χ0) is 10.5. The first kappa shape index (κ1) is 9.68. The summed E-state index contributed by atoms with van der Waals surface area (Å²) in [4.78, 5) is 9.30. The average Bonchev–Trinajstić information content (AvgIpc) is 2.33. The zero-order valence-electron chi connectivity index (χ0n) is 8.50. The molecule has 3 nitrogen and oxygen atoms in total. The van der Waals surface area contributed by atoms with Gasteiger partial charge in [-0.25, -0.2) is 5.06 Å². The summed E-state index contributed by atoms with van der Waals surface area (Å²) in [6.45, 7) is 0. The monoisotopic (exact) mass is 200 g/mol. The summed E-state index contributed by atoms with van der Waals surface area (Å²) in [6.07, 6.45) is 3.48. The Morgan fingerprint density at radius 3 is 2.13 bits per heavy atom. The number of rotatable bonds is 3. The van der Waals surface area contributed by atoms with Crippen molar-refractivity contribution in [2.75, 3.05) is 12.2 Å². The lowest BCUT2D eigenvalue weighted by Crippen LogP contribution is -2.14. The highest BCUT2D eigenvalue weighted by molar-refractivity contribution is 5.59. The summed E-state index contributed by atoms with van der Waals surface area (Å²) >= 11 is 0. The molecule has 15 heavy (non-hydrogen) atoms. The summed E-state index contributed by atoms with van der Waals surface area (Å²) in [6, 6.07) is 13.7. The number of para-hydroxylation sites is 1. The molecular weight excluding hydrogens is 188 g/mol. The van der Waals surface area contributed by atoms with Crippen molar-refractivity contribution in [3.8, 4) is 0 Å². The van der Waals surface area contributed by atoms with E-state index in [1.54, 1.807) is 24.6 Å². The summed E-state index contributed by atoms with van der Waals surface area (Å²) in [7, 11) is 1.65. The minimum atomic E-state index is 0.957. The van der Waals surface area contributed by atoms with Crippen molar-refractivity contribution in [1.29, 1.82) is 0 Å². The molecule has 0 radical (unpaired) electrons. The highest BCUT2D eigenvalue weighted by Crippen LogP contribution is 2.23. The average molecular weight is 200 g/mol. The van der Waals surface area contributed by atoms with Gasteiger partial charge in [-0.1, -0.05) is 18.2 Å². The summed E-state index contributed by atoms with van der Waals surface area (Å²) in [5.41, 5.74) is 1.95. The molecule has 1 heterocycles. The molecule has 0 aliphatic carbocycles. The Morgan fingerprint density at radius 2 is 1.53 bits per heavy atom. The van der Waals surface area contributed by atoms with Gasteiger partial charge in [0.2, 0.25) is 0 Å². The maximum atomic E-state index is 5.33. The van der Waals surface area contributed by atoms with E-state index >= 15 is 0 Å². The van der Waals surface area contributed by atoms with Crippen molar-refractivity contribution in [3.63, 3.8) is 0 Å². The maximum absolute atomic E-state index is 5.33. The summed E-state index contributed by atoms with van der Waals surface area (Å²) < 4.78 is 0. The van der Waals surface area contributed by atoms with Gasteiger partial charge >= 0.3 is 0 Å². The van der Waals surface area contributed by atoms with E-state index in [9.17, 15) is 0 Å². The molecule has 76 valence electrons. The van der Waals surface area contributed by atoms with Crippen LogP contribution in [0.15, 0.2) is 54.9 Å². The standard InChI is InChI=1S/C12H12N2O/c1-15-14(11-5-3-2-4-6-11)12-7-9-13-10-8-12/h2-10H,1H3. The third-order valence-electron chi connectivity index (χ3n) is 2.07. The van der Waals surface area contributed by atoms with Crippen LogP contribution >= 0.6 is 0 Å². The van der Waals surface area contributed by atoms with Gasteiger partial charge in [-0.2, -0.15) is 0 Å². The summed E-state index contributed by atoms with van der Waals surface area (Å²) in [5.74, 6) is 0. The van der Waals surface area contributed by atoms with Crippen molar-refractivity contribution >= 4 is 11.4 Å². The van der Waals surface area contributed by atoms with E-state index in [0.29, 0.717) is 0 Å². The van der Waals surface area contributed by atoms with Crippen LogP contribution < -0.4 is 5.06 Å². The first-order valence-electron chi connectivity index (χ1n) is 4.71. The lowest BCUT2D eigenvalue weighted by Gasteiger charge is -2.21. The molecule has 0 saturated heterocycles. The van der Waals surface area contributed by atoms with Crippen LogP contribution in [0.2, 0.25) is 0 Å². The SMILES string of the molecule is CON(c1ccccc1)c1ccncc1. The summed E-state index contributed by atoms with van der Waals surface area (Å²) in [5, 5.41) is 1.75. The van der Waals surface area contributed by atoms with Gasteiger partial charge in [0, 0.05) is 12.4 Å². The van der Waals surface area contributed by atoms with Gasteiger partial charge < -0.3 is 0 Å². The molecule has 0 fully saturated rings. The smallest absolute Gasteiger partial charge is 0.0726 e. The predicted octanol–water partition coefficient (Wildman–Crippen LogP) is 2.78. The Labute approximate surface area is 88.9 Å². The zero-order valence-corrected chi connectivity index (χ0v) is 8.50. The molecule has 2 rings (SSSR count). The normalized spacial score (nSPS) is 9.93. The quantitative estimate of drug-likeness (QED) is 0.712. The third-order valence-corrected chi connectivity index (χ3v) is 2.07. The van der Waals surface area contributed by atoms with E-state index in [4.69, 9.17) is 4.84 Å². The molecule has 0 bridgehead atoms. The van der Waals surface area contributed by atoms with Gasteiger partial charge in [-0.3, -0.25) is 9.82 Å². The number of nitrogens with zero attached hydrogens (tertiary/aromatic N) is 2. The molecule has 1 aromatic heterocycles. The number of hydrogen-bond acceptors (Lipinski definition) is 3. The minimum Gasteiger partial charge on any atom is -0.272 e. The molecule has 0 saturated carbocycles. The van der Waals surface area contributed by atoms with Crippen molar-refractivity contribution in [2.24, 2.45) is 0 Å². The van der Waals surface area contributed by atoms with Crippen molar-refractivity contribution < 1.29 is 4.84 Å². The molecule has 2 aromatic rings. The van der Waals surface area contributed by atoms with Crippen molar-refractivity contribution in [2.45, 2.75) is 0 Å². The van der Waals surface area contributed by atoms with Gasteiger partial charge in [0.05, 0.1) is 18.5 Å². The van der Waals surface area contributed by atoms with E-state index in [2.05, 4.69) is 4.98 Å².